The average Bonchev–Trinajstić information content (AvgIpc) is 3.44. The summed E-state index contributed by atoms with van der Waals surface area (Å²) < 4.78 is 68.1. The molecule has 13 heteroatoms. The van der Waals surface area contributed by atoms with Gasteiger partial charge in [0.25, 0.3) is 5.56 Å². The Morgan fingerprint density at radius 1 is 0.980 bits per heavy atom. The fourth-order valence-corrected chi connectivity index (χ4v) is 6.91. The predicted molar refractivity (Wildman–Crippen MR) is 184 cm³/mol. The molecule has 6 rings (SSSR count). The third-order valence-corrected chi connectivity index (χ3v) is 9.09. The number of esters is 1. The minimum atomic E-state index is -5.07. The summed E-state index contributed by atoms with van der Waals surface area (Å²) in [4.78, 5) is 31.4. The summed E-state index contributed by atoms with van der Waals surface area (Å²) >= 11 is 0.755. The van der Waals surface area contributed by atoms with Gasteiger partial charge in [-0.05, 0) is 60.5 Å². The van der Waals surface area contributed by atoms with Crippen LogP contribution in [-0.2, 0) is 16.1 Å². The molecule has 0 saturated heterocycles. The molecule has 0 N–H and O–H groups in total. The number of ether oxygens (including phenoxy) is 4. The quantitative estimate of drug-likeness (QED) is 0.155. The number of alkyl halides is 3. The first kappa shape index (κ1) is 35.0. The van der Waals surface area contributed by atoms with E-state index in [1.165, 1.54) is 20.1 Å². The van der Waals surface area contributed by atoms with E-state index in [2.05, 4.69) is 11.1 Å². The van der Waals surface area contributed by atoms with Crippen molar-refractivity contribution in [2.24, 2.45) is 4.99 Å². The Balaban J connectivity index is 1.54. The second kappa shape index (κ2) is 14.5. The van der Waals surface area contributed by atoms with E-state index < -0.39 is 35.0 Å². The highest BCUT2D eigenvalue weighted by Gasteiger charge is 2.46. The van der Waals surface area contributed by atoms with Gasteiger partial charge in [-0.15, -0.1) is 0 Å². The lowest BCUT2D eigenvalue weighted by Gasteiger charge is -2.28. The molecule has 1 aliphatic heterocycles. The molecule has 2 heterocycles. The Kier molecular flexibility index (Phi) is 9.97. The third-order valence-electron chi connectivity index (χ3n) is 8.11. The summed E-state index contributed by atoms with van der Waals surface area (Å²) in [7, 11) is 1.36. The van der Waals surface area contributed by atoms with Crippen molar-refractivity contribution in [1.82, 2.24) is 4.57 Å². The van der Waals surface area contributed by atoms with Crippen molar-refractivity contribution in [1.29, 1.82) is 5.26 Å². The number of nitrogens with zero attached hydrogens (tertiary/aromatic N) is 3. The Bertz CT molecular complexity index is 2410. The van der Waals surface area contributed by atoms with Gasteiger partial charge in [-0.3, -0.25) is 9.36 Å². The standard InChI is InChI=1S/C38H30F3N3O6S/c1-4-48-29-18-22(14-16-27(29)50-21-25-12-7-6-11-24(25)20-42)19-30-35(45)44-33(31-26-13-9-8-10-23(26)15-17-28(31)47-3)32(36(46)49-5-2)34(38(39,40)41)43-37(44)51-30/h6-19,33H,4-5,21H2,1-3H3/b30-19+/t33-/m0/s1. The summed E-state index contributed by atoms with van der Waals surface area (Å²) in [5.41, 5.74) is -1.11. The Labute approximate surface area is 293 Å². The van der Waals surface area contributed by atoms with Crippen LogP contribution in [0.4, 0.5) is 13.2 Å². The van der Waals surface area contributed by atoms with Gasteiger partial charge in [-0.1, -0.05) is 65.9 Å². The molecule has 5 aromatic rings. The van der Waals surface area contributed by atoms with Gasteiger partial charge in [0.1, 0.15) is 18.4 Å². The van der Waals surface area contributed by atoms with E-state index in [-0.39, 0.29) is 33.9 Å². The van der Waals surface area contributed by atoms with Crippen LogP contribution in [0.1, 0.15) is 42.1 Å². The Hall–Kier alpha value is -5.87. The van der Waals surface area contributed by atoms with Crippen LogP contribution in [0.2, 0.25) is 0 Å². The van der Waals surface area contributed by atoms with E-state index in [1.54, 1.807) is 85.8 Å². The maximum Gasteiger partial charge on any atom is 0.434 e. The zero-order chi connectivity index (χ0) is 36.3. The fourth-order valence-electron chi connectivity index (χ4n) is 5.91. The number of hydrogen-bond acceptors (Lipinski definition) is 9. The van der Waals surface area contributed by atoms with Crippen molar-refractivity contribution in [3.8, 4) is 23.3 Å². The van der Waals surface area contributed by atoms with Crippen LogP contribution in [0.15, 0.2) is 99.9 Å². The SMILES string of the molecule is CCOC(=O)C1=C(C(F)(F)F)N=c2s/c(=C/c3ccc(OCc4ccccc4C#N)c(OCC)c3)c(=O)n2[C@H]1c1c(OC)ccc2ccccc12. The molecule has 0 bridgehead atoms. The van der Waals surface area contributed by atoms with Crippen LogP contribution in [0, 0.1) is 11.3 Å². The number of carbonyl (C=O) groups is 1. The third kappa shape index (κ3) is 6.82. The lowest BCUT2D eigenvalue weighted by molar-refractivity contribution is -0.140. The highest BCUT2D eigenvalue weighted by molar-refractivity contribution is 7.07. The number of aromatic nitrogens is 1. The number of allylic oxidation sites excluding steroid dienone is 1. The maximum absolute atomic E-state index is 14.8. The number of fused-ring (bicyclic) bond motifs is 2. The lowest BCUT2D eigenvalue weighted by Crippen LogP contribution is -2.41. The zero-order valence-corrected chi connectivity index (χ0v) is 28.4. The lowest BCUT2D eigenvalue weighted by atomic mass is 9.90. The molecule has 0 spiro atoms. The molecule has 9 nitrogen and oxygen atoms in total. The first-order chi connectivity index (χ1) is 24.6. The highest BCUT2D eigenvalue weighted by atomic mass is 32.1. The van der Waals surface area contributed by atoms with Crippen molar-refractivity contribution in [2.45, 2.75) is 32.7 Å². The number of methoxy groups -OCH3 is 1. The van der Waals surface area contributed by atoms with E-state index in [1.807, 2.05) is 0 Å². The number of hydrogen-bond donors (Lipinski definition) is 0. The van der Waals surface area contributed by atoms with Crippen molar-refractivity contribution in [3.63, 3.8) is 0 Å². The molecule has 0 aliphatic carbocycles. The van der Waals surface area contributed by atoms with Crippen LogP contribution in [0.3, 0.4) is 0 Å². The van der Waals surface area contributed by atoms with Gasteiger partial charge in [-0.25, -0.2) is 9.79 Å². The molecule has 0 radical (unpaired) electrons. The van der Waals surface area contributed by atoms with Crippen LogP contribution in [0.25, 0.3) is 16.8 Å². The molecule has 0 unspecified atom stereocenters. The molecule has 0 saturated carbocycles. The first-order valence-electron chi connectivity index (χ1n) is 15.8. The molecule has 0 fully saturated rings. The van der Waals surface area contributed by atoms with E-state index in [9.17, 15) is 28.0 Å². The van der Waals surface area contributed by atoms with Gasteiger partial charge in [0.2, 0.25) is 0 Å². The van der Waals surface area contributed by atoms with Gasteiger partial charge < -0.3 is 18.9 Å². The number of carbonyl (C=O) groups excluding carboxylic acids is 1. The van der Waals surface area contributed by atoms with Crippen LogP contribution in [-0.4, -0.2) is 37.0 Å². The molecular formula is C38H30F3N3O6S. The summed E-state index contributed by atoms with van der Waals surface area (Å²) in [6, 6.07) is 22.8. The highest BCUT2D eigenvalue weighted by Crippen LogP contribution is 2.43. The Morgan fingerprint density at radius 2 is 1.73 bits per heavy atom. The predicted octanol–water partition coefficient (Wildman–Crippen LogP) is 6.35. The van der Waals surface area contributed by atoms with Crippen molar-refractivity contribution in [3.05, 3.63) is 132 Å². The minimum absolute atomic E-state index is 0.0589. The van der Waals surface area contributed by atoms with E-state index >= 15 is 0 Å². The van der Waals surface area contributed by atoms with E-state index in [0.717, 1.165) is 15.9 Å². The number of halogens is 3. The van der Waals surface area contributed by atoms with Crippen molar-refractivity contribution in [2.75, 3.05) is 20.3 Å². The minimum Gasteiger partial charge on any atom is -0.496 e. The molecule has 1 atom stereocenters. The van der Waals surface area contributed by atoms with E-state index in [4.69, 9.17) is 18.9 Å². The van der Waals surface area contributed by atoms with Crippen molar-refractivity contribution < 1.29 is 36.9 Å². The molecule has 51 heavy (non-hydrogen) atoms. The van der Waals surface area contributed by atoms with Gasteiger partial charge in [0.15, 0.2) is 22.0 Å². The van der Waals surface area contributed by atoms with Crippen LogP contribution >= 0.6 is 11.3 Å². The molecule has 0 amide bonds. The van der Waals surface area contributed by atoms with Crippen LogP contribution < -0.4 is 29.1 Å². The second-order valence-corrected chi connectivity index (χ2v) is 12.2. The molecule has 1 aliphatic rings. The van der Waals surface area contributed by atoms with Gasteiger partial charge in [-0.2, -0.15) is 18.4 Å². The molecule has 4 aromatic carbocycles. The number of rotatable bonds is 10. The summed E-state index contributed by atoms with van der Waals surface area (Å²) in [6.07, 6.45) is -3.55. The average molecular weight is 714 g/mol. The monoisotopic (exact) mass is 713 g/mol. The van der Waals surface area contributed by atoms with Crippen LogP contribution in [0.5, 0.6) is 17.2 Å². The smallest absolute Gasteiger partial charge is 0.434 e. The zero-order valence-electron chi connectivity index (χ0n) is 27.6. The Morgan fingerprint density at radius 3 is 2.45 bits per heavy atom. The summed E-state index contributed by atoms with van der Waals surface area (Å²) in [5.74, 6) is -0.332. The molecular weight excluding hydrogens is 683 g/mol. The summed E-state index contributed by atoms with van der Waals surface area (Å²) in [5, 5.41) is 10.6. The summed E-state index contributed by atoms with van der Waals surface area (Å²) in [6.45, 7) is 3.46. The molecule has 1 aromatic heterocycles. The second-order valence-electron chi connectivity index (χ2n) is 11.2. The van der Waals surface area contributed by atoms with Gasteiger partial charge >= 0.3 is 12.1 Å². The number of thiazole rings is 1. The topological polar surface area (TPSA) is 112 Å². The van der Waals surface area contributed by atoms with Gasteiger partial charge in [0.05, 0.1) is 42.1 Å². The maximum atomic E-state index is 14.8. The van der Waals surface area contributed by atoms with E-state index in [0.29, 0.717) is 45.6 Å². The first-order valence-corrected chi connectivity index (χ1v) is 16.6. The molecule has 260 valence electrons. The normalized spacial score (nSPS) is 14.5. The number of nitriles is 1. The fraction of sp³-hybridized carbons (Fsp3) is 0.211. The van der Waals surface area contributed by atoms with Crippen molar-refractivity contribution >= 4 is 34.2 Å². The largest absolute Gasteiger partial charge is 0.496 e. The van der Waals surface area contributed by atoms with Gasteiger partial charge in [0, 0.05) is 11.1 Å². The number of benzene rings is 4.